The van der Waals surface area contributed by atoms with Crippen molar-refractivity contribution in [3.8, 4) is 0 Å². The van der Waals surface area contributed by atoms with E-state index >= 15 is 0 Å². The third-order valence-corrected chi connectivity index (χ3v) is 7.36. The number of rotatable bonds is 8. The van der Waals surface area contributed by atoms with E-state index in [2.05, 4.69) is 52.8 Å². The molecule has 0 aromatic heterocycles. The van der Waals surface area contributed by atoms with Crippen LogP contribution in [0.15, 0.2) is 72.8 Å². The molecule has 1 heterocycles. The SMILES string of the molecule is CCc1ccc(C(=O)Nc2ccc(N3CCC(Cc4ccccc4)CC3)c(C(=O)NC3CC3)c2)cc1. The lowest BCUT2D eigenvalue weighted by atomic mass is 9.89. The molecule has 2 amide bonds. The van der Waals surface area contributed by atoms with Gasteiger partial charge in [0.2, 0.25) is 0 Å². The molecule has 0 bridgehead atoms. The van der Waals surface area contributed by atoms with Gasteiger partial charge in [0.1, 0.15) is 0 Å². The Morgan fingerprint density at radius 2 is 1.56 bits per heavy atom. The van der Waals surface area contributed by atoms with Gasteiger partial charge in [0.15, 0.2) is 0 Å². The van der Waals surface area contributed by atoms with Gasteiger partial charge in [-0.25, -0.2) is 0 Å². The van der Waals surface area contributed by atoms with Crippen molar-refractivity contribution >= 4 is 23.2 Å². The third kappa shape index (κ3) is 5.96. The largest absolute Gasteiger partial charge is 0.371 e. The molecule has 2 N–H and O–H groups in total. The van der Waals surface area contributed by atoms with Crippen molar-refractivity contribution in [1.29, 1.82) is 0 Å². The molecule has 5 nitrogen and oxygen atoms in total. The molecule has 1 saturated heterocycles. The number of nitrogens with zero attached hydrogens (tertiary/aromatic N) is 1. The van der Waals surface area contributed by atoms with Gasteiger partial charge >= 0.3 is 0 Å². The molecule has 3 aromatic carbocycles. The molecule has 36 heavy (non-hydrogen) atoms. The Morgan fingerprint density at radius 1 is 0.833 bits per heavy atom. The van der Waals surface area contributed by atoms with Crippen molar-refractivity contribution in [2.45, 2.75) is 51.5 Å². The van der Waals surface area contributed by atoms with Crippen LogP contribution in [0.2, 0.25) is 0 Å². The first kappa shape index (κ1) is 24.1. The molecular weight excluding hydrogens is 446 g/mol. The summed E-state index contributed by atoms with van der Waals surface area (Å²) in [4.78, 5) is 28.4. The van der Waals surface area contributed by atoms with Crippen LogP contribution in [0.5, 0.6) is 0 Å². The van der Waals surface area contributed by atoms with Crippen LogP contribution in [-0.2, 0) is 12.8 Å². The van der Waals surface area contributed by atoms with Crippen LogP contribution in [0.25, 0.3) is 0 Å². The Hall–Kier alpha value is -3.60. The summed E-state index contributed by atoms with van der Waals surface area (Å²) in [5.41, 5.74) is 5.44. The fraction of sp³-hybridized carbons (Fsp3) is 0.355. The zero-order valence-electron chi connectivity index (χ0n) is 21.0. The first-order chi connectivity index (χ1) is 17.6. The van der Waals surface area contributed by atoms with E-state index in [0.29, 0.717) is 22.7 Å². The molecule has 5 heteroatoms. The number of piperidine rings is 1. The number of aryl methyl sites for hydroxylation is 1. The Morgan fingerprint density at radius 3 is 2.22 bits per heavy atom. The minimum Gasteiger partial charge on any atom is -0.371 e. The van der Waals surface area contributed by atoms with Gasteiger partial charge in [-0.2, -0.15) is 0 Å². The molecule has 1 aliphatic carbocycles. The van der Waals surface area contributed by atoms with Gasteiger partial charge < -0.3 is 15.5 Å². The van der Waals surface area contributed by atoms with Gasteiger partial charge in [0.05, 0.1) is 5.56 Å². The van der Waals surface area contributed by atoms with E-state index in [1.54, 1.807) is 0 Å². The quantitative estimate of drug-likeness (QED) is 0.424. The van der Waals surface area contributed by atoms with Crippen LogP contribution in [0, 0.1) is 5.92 Å². The monoisotopic (exact) mass is 481 g/mol. The maximum atomic E-state index is 13.2. The minimum absolute atomic E-state index is 0.0534. The zero-order chi connectivity index (χ0) is 24.9. The highest BCUT2D eigenvalue weighted by atomic mass is 16.2. The normalized spacial score (nSPS) is 16.0. The van der Waals surface area contributed by atoms with Gasteiger partial charge in [-0.1, -0.05) is 49.4 Å². The maximum absolute atomic E-state index is 13.2. The Balaban J connectivity index is 1.30. The lowest BCUT2D eigenvalue weighted by Gasteiger charge is -2.35. The number of hydrogen-bond donors (Lipinski definition) is 2. The number of benzene rings is 3. The Bertz CT molecular complexity index is 1190. The average molecular weight is 482 g/mol. The van der Waals surface area contributed by atoms with E-state index < -0.39 is 0 Å². The van der Waals surface area contributed by atoms with E-state index in [-0.39, 0.29) is 17.9 Å². The van der Waals surface area contributed by atoms with Crippen LogP contribution in [0.1, 0.15) is 64.4 Å². The molecule has 0 atom stereocenters. The van der Waals surface area contributed by atoms with Gasteiger partial charge in [-0.05, 0) is 85.9 Å². The second-order valence-corrected chi connectivity index (χ2v) is 10.1. The summed E-state index contributed by atoms with van der Waals surface area (Å²) >= 11 is 0. The average Bonchev–Trinajstić information content (AvgIpc) is 3.74. The standard InChI is InChI=1S/C31H35N3O2/c1-2-22-8-10-25(11-9-22)30(35)33-27-14-15-29(28(21-27)31(36)32-26-12-13-26)34-18-16-24(17-19-34)20-23-6-4-3-5-7-23/h3-11,14-15,21,24,26H,2,12-13,16-20H2,1H3,(H,32,36)(H,33,35). The fourth-order valence-electron chi connectivity index (χ4n) is 4.98. The minimum atomic E-state index is -0.166. The van der Waals surface area contributed by atoms with Gasteiger partial charge in [-0.15, -0.1) is 0 Å². The lowest BCUT2D eigenvalue weighted by Crippen LogP contribution is -2.36. The van der Waals surface area contributed by atoms with Crippen molar-refractivity contribution in [3.05, 3.63) is 95.1 Å². The van der Waals surface area contributed by atoms with Crippen molar-refractivity contribution in [2.24, 2.45) is 5.92 Å². The van der Waals surface area contributed by atoms with Gasteiger partial charge in [0, 0.05) is 36.1 Å². The molecule has 186 valence electrons. The van der Waals surface area contributed by atoms with Crippen molar-refractivity contribution < 1.29 is 9.59 Å². The van der Waals surface area contributed by atoms with E-state index in [1.807, 2.05) is 42.5 Å². The summed E-state index contributed by atoms with van der Waals surface area (Å²) in [5.74, 6) is 0.438. The van der Waals surface area contributed by atoms with Crippen molar-refractivity contribution in [3.63, 3.8) is 0 Å². The van der Waals surface area contributed by atoms with Crippen LogP contribution >= 0.6 is 0 Å². The highest BCUT2D eigenvalue weighted by Gasteiger charge is 2.28. The van der Waals surface area contributed by atoms with Crippen LogP contribution in [-0.4, -0.2) is 30.9 Å². The zero-order valence-corrected chi connectivity index (χ0v) is 21.0. The summed E-state index contributed by atoms with van der Waals surface area (Å²) in [5, 5.41) is 6.12. The predicted octanol–water partition coefficient (Wildman–Crippen LogP) is 5.85. The lowest BCUT2D eigenvalue weighted by molar-refractivity contribution is 0.0950. The highest BCUT2D eigenvalue weighted by molar-refractivity contribution is 6.06. The molecule has 1 aliphatic heterocycles. The second kappa shape index (κ2) is 11.0. The molecule has 3 aromatic rings. The maximum Gasteiger partial charge on any atom is 0.255 e. The summed E-state index contributed by atoms with van der Waals surface area (Å²) in [6.45, 7) is 3.95. The first-order valence-corrected chi connectivity index (χ1v) is 13.2. The number of nitrogens with one attached hydrogen (secondary N) is 2. The van der Waals surface area contributed by atoms with E-state index in [9.17, 15) is 9.59 Å². The third-order valence-electron chi connectivity index (χ3n) is 7.36. The predicted molar refractivity (Wildman–Crippen MR) is 146 cm³/mol. The molecule has 0 spiro atoms. The number of hydrogen-bond acceptors (Lipinski definition) is 3. The fourth-order valence-corrected chi connectivity index (χ4v) is 4.98. The first-order valence-electron chi connectivity index (χ1n) is 13.2. The van der Waals surface area contributed by atoms with E-state index in [0.717, 1.165) is 57.3 Å². The molecule has 2 aliphatic rings. The topological polar surface area (TPSA) is 61.4 Å². The summed E-state index contributed by atoms with van der Waals surface area (Å²) in [7, 11) is 0. The smallest absolute Gasteiger partial charge is 0.255 e. The summed E-state index contributed by atoms with van der Waals surface area (Å²) in [6.07, 6.45) is 6.32. The highest BCUT2D eigenvalue weighted by Crippen LogP contribution is 2.31. The Kier molecular flexibility index (Phi) is 7.36. The molecule has 5 rings (SSSR count). The number of carbonyl (C=O) groups is 2. The van der Waals surface area contributed by atoms with Crippen LogP contribution in [0.3, 0.4) is 0 Å². The molecule has 0 radical (unpaired) electrons. The van der Waals surface area contributed by atoms with Gasteiger partial charge in [-0.3, -0.25) is 9.59 Å². The van der Waals surface area contributed by atoms with E-state index in [4.69, 9.17) is 0 Å². The molecule has 2 fully saturated rings. The number of anilines is 2. The number of amides is 2. The second-order valence-electron chi connectivity index (χ2n) is 10.1. The molecule has 0 unspecified atom stereocenters. The number of carbonyl (C=O) groups excluding carboxylic acids is 2. The van der Waals surface area contributed by atoms with Crippen LogP contribution < -0.4 is 15.5 Å². The molecular formula is C31H35N3O2. The van der Waals surface area contributed by atoms with Crippen molar-refractivity contribution in [2.75, 3.05) is 23.3 Å². The van der Waals surface area contributed by atoms with Crippen molar-refractivity contribution in [1.82, 2.24) is 5.32 Å². The molecule has 1 saturated carbocycles. The van der Waals surface area contributed by atoms with Crippen LogP contribution in [0.4, 0.5) is 11.4 Å². The Labute approximate surface area is 213 Å². The van der Waals surface area contributed by atoms with E-state index in [1.165, 1.54) is 11.1 Å². The summed E-state index contributed by atoms with van der Waals surface area (Å²) < 4.78 is 0. The summed E-state index contributed by atoms with van der Waals surface area (Å²) in [6, 6.07) is 24.4. The van der Waals surface area contributed by atoms with Gasteiger partial charge in [0.25, 0.3) is 11.8 Å².